The van der Waals surface area contributed by atoms with Crippen LogP contribution in [-0.4, -0.2) is 50.6 Å². The summed E-state index contributed by atoms with van der Waals surface area (Å²) < 4.78 is 5.11. The fraction of sp³-hybridized carbons (Fsp3) is 0.213. The molecule has 290 valence electrons. The first-order valence-electron chi connectivity index (χ1n) is 19.6. The van der Waals surface area contributed by atoms with E-state index in [1.807, 2.05) is 82.9 Å². The zero-order chi connectivity index (χ0) is 39.4. The van der Waals surface area contributed by atoms with Gasteiger partial charge >= 0.3 is 0 Å². The van der Waals surface area contributed by atoms with E-state index in [1.165, 1.54) is 12.5 Å². The Hall–Kier alpha value is -6.17. The zero-order valence-corrected chi connectivity index (χ0v) is 33.3. The second kappa shape index (κ2) is 16.7. The van der Waals surface area contributed by atoms with Crippen molar-refractivity contribution in [3.8, 4) is 32.0 Å². The minimum absolute atomic E-state index is 0.0294. The number of nitrogens with zero attached hydrogens (tertiary/aromatic N) is 4. The number of rotatable bonds is 11. The van der Waals surface area contributed by atoms with E-state index >= 15 is 0 Å². The SMILES string of the molecule is O=C(N[C@H](C(=O)N1CCC[C@H]1c1ncc(-c2ccc(-c3ccc(-c4cnc([C@@H]5CCCN5C(=O)Cc5ccccc5)s4)cc3)cc2)s1)c1ccccc1)c1ccoc1. The van der Waals surface area contributed by atoms with E-state index in [1.54, 1.807) is 28.7 Å². The molecular formula is C47H41N5O4S2. The third-order valence-electron chi connectivity index (χ3n) is 11.0. The Bertz CT molecular complexity index is 2500. The molecule has 2 saturated heterocycles. The van der Waals surface area contributed by atoms with Gasteiger partial charge in [0.05, 0.1) is 40.1 Å². The van der Waals surface area contributed by atoms with Crippen LogP contribution in [-0.2, 0) is 16.0 Å². The summed E-state index contributed by atoms with van der Waals surface area (Å²) in [6.07, 6.45) is 10.7. The fourth-order valence-corrected chi connectivity index (χ4v) is 10.1. The highest BCUT2D eigenvalue weighted by molar-refractivity contribution is 7.15. The summed E-state index contributed by atoms with van der Waals surface area (Å²) in [4.78, 5) is 56.1. The predicted octanol–water partition coefficient (Wildman–Crippen LogP) is 9.93. The van der Waals surface area contributed by atoms with Gasteiger partial charge in [0.1, 0.15) is 22.3 Å². The smallest absolute Gasteiger partial charge is 0.255 e. The van der Waals surface area contributed by atoms with Crippen molar-refractivity contribution in [2.45, 2.75) is 50.2 Å². The topological polar surface area (TPSA) is 109 Å². The third-order valence-corrected chi connectivity index (χ3v) is 13.3. The number of nitrogens with one attached hydrogen (secondary N) is 1. The van der Waals surface area contributed by atoms with Crippen LogP contribution in [0.3, 0.4) is 0 Å². The minimum atomic E-state index is -0.838. The number of amides is 3. The van der Waals surface area contributed by atoms with Crippen molar-refractivity contribution >= 4 is 40.4 Å². The first kappa shape index (κ1) is 37.4. The lowest BCUT2D eigenvalue weighted by Gasteiger charge is -2.28. The molecule has 58 heavy (non-hydrogen) atoms. The van der Waals surface area contributed by atoms with Crippen molar-refractivity contribution in [2.24, 2.45) is 0 Å². The van der Waals surface area contributed by atoms with E-state index in [0.717, 1.165) is 85.4 Å². The Morgan fingerprint density at radius 3 is 1.78 bits per heavy atom. The number of likely N-dealkylation sites (tertiary alicyclic amines) is 2. The number of benzene rings is 4. The molecule has 9 rings (SSSR count). The molecule has 0 unspecified atom stereocenters. The van der Waals surface area contributed by atoms with Crippen LogP contribution in [0.1, 0.15) is 75.3 Å². The molecule has 2 aliphatic rings. The summed E-state index contributed by atoms with van der Waals surface area (Å²) in [5, 5.41) is 4.83. The standard InChI is InChI=1S/C47H41N5O4S2/c53-42(27-31-9-3-1-4-10-31)51-24-7-13-38(51)45-48-28-40(57-45)34-19-15-32(16-20-34)33-17-21-35(22-18-33)41-29-49-46(58-41)39-14-8-25-52(39)47(55)43(36-11-5-2-6-12-36)50-44(54)37-23-26-56-30-37/h1-6,9-12,15-23,26,28-30,38-39,43H,7-8,13-14,24-25,27H2,(H,50,54)/t38-,39-,43-/m0/s1. The molecule has 11 heteroatoms. The second-order valence-corrected chi connectivity index (χ2v) is 16.8. The van der Waals surface area contributed by atoms with Crippen LogP contribution in [0.5, 0.6) is 0 Å². The summed E-state index contributed by atoms with van der Waals surface area (Å²) in [7, 11) is 0. The van der Waals surface area contributed by atoms with Gasteiger partial charge in [-0.25, -0.2) is 9.97 Å². The molecule has 3 aromatic heterocycles. The Labute approximate surface area is 345 Å². The molecule has 3 atom stereocenters. The van der Waals surface area contributed by atoms with Crippen molar-refractivity contribution in [2.75, 3.05) is 13.1 Å². The van der Waals surface area contributed by atoms with Gasteiger partial charge in [-0.3, -0.25) is 14.4 Å². The van der Waals surface area contributed by atoms with Crippen LogP contribution in [0, 0.1) is 0 Å². The summed E-state index contributed by atoms with van der Waals surface area (Å²) in [5.74, 6) is -0.357. The van der Waals surface area contributed by atoms with Crippen LogP contribution in [0.2, 0.25) is 0 Å². The summed E-state index contributed by atoms with van der Waals surface area (Å²) in [6.45, 7) is 1.37. The van der Waals surface area contributed by atoms with Crippen LogP contribution in [0.25, 0.3) is 32.0 Å². The quantitative estimate of drug-likeness (QED) is 0.140. The van der Waals surface area contributed by atoms with Crippen LogP contribution >= 0.6 is 22.7 Å². The van der Waals surface area contributed by atoms with E-state index in [-0.39, 0.29) is 29.8 Å². The number of hydrogen-bond acceptors (Lipinski definition) is 8. The average Bonchev–Trinajstić information content (AvgIpc) is 4.13. The maximum absolute atomic E-state index is 14.2. The first-order valence-corrected chi connectivity index (χ1v) is 21.3. The number of hydrogen-bond donors (Lipinski definition) is 1. The van der Waals surface area contributed by atoms with Gasteiger partial charge in [0.25, 0.3) is 5.91 Å². The van der Waals surface area contributed by atoms with Crippen molar-refractivity contribution in [3.63, 3.8) is 0 Å². The van der Waals surface area contributed by atoms with Gasteiger partial charge in [-0.05, 0) is 65.1 Å². The van der Waals surface area contributed by atoms with Crippen molar-refractivity contribution in [3.05, 3.63) is 167 Å². The summed E-state index contributed by atoms with van der Waals surface area (Å²) in [5.41, 5.74) is 6.53. The number of carbonyl (C=O) groups excluding carboxylic acids is 3. The Kier molecular flexibility index (Phi) is 10.8. The zero-order valence-electron chi connectivity index (χ0n) is 31.7. The highest BCUT2D eigenvalue weighted by Crippen LogP contribution is 2.40. The first-order chi connectivity index (χ1) is 28.5. The minimum Gasteiger partial charge on any atom is -0.472 e. The molecule has 2 aliphatic heterocycles. The van der Waals surface area contributed by atoms with E-state index in [4.69, 9.17) is 14.4 Å². The van der Waals surface area contributed by atoms with Gasteiger partial charge < -0.3 is 19.5 Å². The largest absolute Gasteiger partial charge is 0.472 e. The van der Waals surface area contributed by atoms with Gasteiger partial charge in [-0.1, -0.05) is 109 Å². The number of aromatic nitrogens is 2. The molecule has 0 radical (unpaired) electrons. The Morgan fingerprint density at radius 2 is 1.21 bits per heavy atom. The molecule has 2 fully saturated rings. The summed E-state index contributed by atoms with van der Waals surface area (Å²) >= 11 is 3.28. The van der Waals surface area contributed by atoms with E-state index < -0.39 is 6.04 Å². The lowest BCUT2D eigenvalue weighted by atomic mass is 10.0. The van der Waals surface area contributed by atoms with Gasteiger partial charge in [0, 0.05) is 25.5 Å². The molecule has 5 heterocycles. The summed E-state index contributed by atoms with van der Waals surface area (Å²) in [6, 6.07) is 37.0. The van der Waals surface area contributed by atoms with Gasteiger partial charge in [0.15, 0.2) is 0 Å². The predicted molar refractivity (Wildman–Crippen MR) is 227 cm³/mol. The van der Waals surface area contributed by atoms with Crippen molar-refractivity contribution in [1.29, 1.82) is 0 Å². The van der Waals surface area contributed by atoms with Gasteiger partial charge in [0.2, 0.25) is 11.8 Å². The van der Waals surface area contributed by atoms with Crippen LogP contribution in [0.4, 0.5) is 0 Å². The molecule has 9 nitrogen and oxygen atoms in total. The normalized spacial score (nSPS) is 17.0. The molecule has 0 bridgehead atoms. The average molecular weight is 804 g/mol. The molecule has 3 amide bonds. The molecular weight excluding hydrogens is 763 g/mol. The lowest BCUT2D eigenvalue weighted by molar-refractivity contribution is -0.134. The lowest BCUT2D eigenvalue weighted by Crippen LogP contribution is -2.42. The second-order valence-electron chi connectivity index (χ2n) is 14.7. The number of furan rings is 1. The Morgan fingerprint density at radius 1 is 0.672 bits per heavy atom. The van der Waals surface area contributed by atoms with E-state index in [0.29, 0.717) is 18.5 Å². The number of carbonyl (C=O) groups is 3. The van der Waals surface area contributed by atoms with Crippen LogP contribution < -0.4 is 5.32 Å². The molecule has 0 saturated carbocycles. The molecule has 1 N–H and O–H groups in total. The Balaban J connectivity index is 0.856. The van der Waals surface area contributed by atoms with Crippen molar-refractivity contribution < 1.29 is 18.8 Å². The maximum atomic E-state index is 14.2. The highest BCUT2D eigenvalue weighted by atomic mass is 32.1. The molecule has 7 aromatic rings. The third kappa shape index (κ3) is 7.88. The van der Waals surface area contributed by atoms with E-state index in [2.05, 4.69) is 53.8 Å². The van der Waals surface area contributed by atoms with Crippen LogP contribution in [0.15, 0.2) is 145 Å². The monoisotopic (exact) mass is 803 g/mol. The highest BCUT2D eigenvalue weighted by Gasteiger charge is 2.37. The van der Waals surface area contributed by atoms with E-state index in [9.17, 15) is 14.4 Å². The fourth-order valence-electron chi connectivity index (χ4n) is 7.99. The number of thiazole rings is 2. The van der Waals surface area contributed by atoms with Gasteiger partial charge in [-0.15, -0.1) is 22.7 Å². The molecule has 0 spiro atoms. The van der Waals surface area contributed by atoms with Crippen molar-refractivity contribution in [1.82, 2.24) is 25.1 Å². The molecule has 4 aromatic carbocycles. The van der Waals surface area contributed by atoms with Gasteiger partial charge in [-0.2, -0.15) is 0 Å². The maximum Gasteiger partial charge on any atom is 0.255 e. The molecule has 0 aliphatic carbocycles.